The summed E-state index contributed by atoms with van der Waals surface area (Å²) in [4.78, 5) is 15.2. The molecule has 0 bridgehead atoms. The molecule has 124 valence electrons. The number of carbonyl (C=O) groups is 1. The first-order valence-corrected chi connectivity index (χ1v) is 9.03. The minimum absolute atomic E-state index is 0.0373. The third-order valence-corrected chi connectivity index (χ3v) is 5.43. The van der Waals surface area contributed by atoms with Crippen LogP contribution in [0.5, 0.6) is 5.75 Å². The number of nitrogens with zero attached hydrogens (tertiary/aromatic N) is 1. The van der Waals surface area contributed by atoms with Crippen LogP contribution in [0.1, 0.15) is 10.4 Å². The highest BCUT2D eigenvalue weighted by Crippen LogP contribution is 2.31. The number of anilines is 1. The van der Waals surface area contributed by atoms with Crippen LogP contribution in [-0.2, 0) is 14.8 Å². The van der Waals surface area contributed by atoms with Crippen LogP contribution in [0.3, 0.4) is 0 Å². The number of esters is 1. The molecule has 11 heteroatoms. The van der Waals surface area contributed by atoms with E-state index in [1.54, 1.807) is 0 Å². The van der Waals surface area contributed by atoms with E-state index in [4.69, 9.17) is 4.74 Å². The molecule has 1 heterocycles. The lowest BCUT2D eigenvalue weighted by Crippen LogP contribution is -2.15. The monoisotopic (exact) mass is 424 g/mol. The molecule has 0 amide bonds. The van der Waals surface area contributed by atoms with Gasteiger partial charge in [-0.2, -0.15) is 8.42 Å². The maximum absolute atomic E-state index is 14.0. The predicted molar refractivity (Wildman–Crippen MR) is 84.9 cm³/mol. The van der Waals surface area contributed by atoms with Crippen molar-refractivity contribution >= 4 is 48.9 Å². The predicted octanol–water partition coefficient (Wildman–Crippen LogP) is 2.64. The van der Waals surface area contributed by atoms with E-state index in [9.17, 15) is 17.6 Å². The van der Waals surface area contributed by atoms with Crippen molar-refractivity contribution < 1.29 is 27.1 Å². The zero-order valence-corrected chi connectivity index (χ0v) is 15.0. The molecule has 1 N–H and O–H groups in total. The molecule has 2 rings (SSSR count). The van der Waals surface area contributed by atoms with E-state index in [1.165, 1.54) is 12.5 Å². The number of rotatable bonds is 5. The van der Waals surface area contributed by atoms with Crippen LogP contribution >= 0.6 is 27.3 Å². The summed E-state index contributed by atoms with van der Waals surface area (Å²) in [6, 6.07) is 1.89. The highest BCUT2D eigenvalue weighted by atomic mass is 79.9. The van der Waals surface area contributed by atoms with Crippen molar-refractivity contribution in [2.75, 3.05) is 18.9 Å². The maximum Gasteiger partial charge on any atom is 0.340 e. The number of methoxy groups -OCH3 is 2. The van der Waals surface area contributed by atoms with Gasteiger partial charge in [0.05, 0.1) is 25.5 Å². The second-order valence-corrected chi connectivity index (χ2v) is 7.83. The number of hydrogen-bond acceptors (Lipinski definition) is 7. The van der Waals surface area contributed by atoms with Crippen molar-refractivity contribution in [2.24, 2.45) is 0 Å². The Morgan fingerprint density at radius 3 is 2.61 bits per heavy atom. The van der Waals surface area contributed by atoms with Gasteiger partial charge in [0, 0.05) is 11.4 Å². The zero-order valence-electron chi connectivity index (χ0n) is 11.8. The molecule has 0 atom stereocenters. The van der Waals surface area contributed by atoms with Gasteiger partial charge < -0.3 is 9.47 Å². The van der Waals surface area contributed by atoms with Crippen molar-refractivity contribution in [2.45, 2.75) is 5.03 Å². The van der Waals surface area contributed by atoms with Gasteiger partial charge in [0.2, 0.25) is 0 Å². The van der Waals surface area contributed by atoms with Gasteiger partial charge in [0.1, 0.15) is 11.6 Å². The number of halogens is 2. The molecular weight excluding hydrogens is 415 g/mol. The Labute approximate surface area is 143 Å². The van der Waals surface area contributed by atoms with Gasteiger partial charge >= 0.3 is 5.97 Å². The third kappa shape index (κ3) is 3.79. The summed E-state index contributed by atoms with van der Waals surface area (Å²) >= 11 is 4.15. The Bertz CT molecular complexity index is 853. The SMILES string of the molecule is COC(=O)c1cc(OC)c(NS(=O)(=O)c2csc(Br)n2)cc1F. The average Bonchev–Trinajstić information content (AvgIpc) is 2.94. The average molecular weight is 425 g/mol. The summed E-state index contributed by atoms with van der Waals surface area (Å²) in [6.45, 7) is 0. The molecule has 1 aromatic heterocycles. The molecule has 0 fully saturated rings. The van der Waals surface area contributed by atoms with Crippen molar-refractivity contribution in [3.63, 3.8) is 0 Å². The smallest absolute Gasteiger partial charge is 0.340 e. The van der Waals surface area contributed by atoms with E-state index in [-0.39, 0.29) is 22.0 Å². The standard InChI is InChI=1S/C12H10BrFN2O5S2/c1-20-9-3-6(11(17)21-2)7(14)4-8(9)16-23(18,19)10-5-22-12(13)15-10/h3-5,16H,1-2H3. The zero-order chi connectivity index (χ0) is 17.2. The Balaban J connectivity index is 2.44. The van der Waals surface area contributed by atoms with Crippen molar-refractivity contribution in [1.29, 1.82) is 0 Å². The molecule has 0 aliphatic rings. The fraction of sp³-hybridized carbons (Fsp3) is 0.167. The molecule has 0 radical (unpaired) electrons. The molecule has 7 nitrogen and oxygen atoms in total. The number of carbonyl (C=O) groups excluding carboxylic acids is 1. The van der Waals surface area contributed by atoms with Gasteiger partial charge in [-0.25, -0.2) is 14.2 Å². The van der Waals surface area contributed by atoms with Gasteiger partial charge in [-0.1, -0.05) is 0 Å². The van der Waals surface area contributed by atoms with Crippen LogP contribution in [0.15, 0.2) is 26.5 Å². The van der Waals surface area contributed by atoms with E-state index in [1.807, 2.05) is 0 Å². The van der Waals surface area contributed by atoms with E-state index < -0.39 is 21.8 Å². The summed E-state index contributed by atoms with van der Waals surface area (Å²) in [5, 5.41) is 1.09. The highest BCUT2D eigenvalue weighted by molar-refractivity contribution is 9.11. The molecule has 1 aromatic carbocycles. The van der Waals surface area contributed by atoms with Crippen LogP contribution < -0.4 is 9.46 Å². The number of ether oxygens (including phenoxy) is 2. The van der Waals surface area contributed by atoms with Gasteiger partial charge in [0.25, 0.3) is 10.0 Å². The normalized spacial score (nSPS) is 11.1. The van der Waals surface area contributed by atoms with Gasteiger partial charge in [-0.3, -0.25) is 4.72 Å². The van der Waals surface area contributed by atoms with Crippen LogP contribution in [0.25, 0.3) is 0 Å². The molecular formula is C12H10BrFN2O5S2. The maximum atomic E-state index is 14.0. The second kappa shape index (κ2) is 6.81. The number of hydrogen-bond donors (Lipinski definition) is 1. The largest absolute Gasteiger partial charge is 0.495 e. The first-order chi connectivity index (χ1) is 10.8. The topological polar surface area (TPSA) is 94.6 Å². The number of sulfonamides is 1. The highest BCUT2D eigenvalue weighted by Gasteiger charge is 2.23. The fourth-order valence-electron chi connectivity index (χ4n) is 1.63. The quantitative estimate of drug-likeness (QED) is 0.741. The molecule has 0 unspecified atom stereocenters. The number of thiazole rings is 1. The minimum Gasteiger partial charge on any atom is -0.495 e. The summed E-state index contributed by atoms with van der Waals surface area (Å²) < 4.78 is 50.4. The minimum atomic E-state index is -4.02. The molecule has 0 spiro atoms. The van der Waals surface area contributed by atoms with Crippen LogP contribution in [0.2, 0.25) is 0 Å². The summed E-state index contributed by atoms with van der Waals surface area (Å²) in [7, 11) is -1.67. The fourth-order valence-corrected chi connectivity index (χ4v) is 4.09. The van der Waals surface area contributed by atoms with Crippen molar-refractivity contribution in [1.82, 2.24) is 4.98 Å². The molecule has 0 saturated heterocycles. The van der Waals surface area contributed by atoms with Crippen molar-refractivity contribution in [3.8, 4) is 5.75 Å². The number of aromatic nitrogens is 1. The van der Waals surface area contributed by atoms with E-state index >= 15 is 0 Å². The second-order valence-electron chi connectivity index (χ2n) is 4.07. The van der Waals surface area contributed by atoms with Crippen LogP contribution in [-0.4, -0.2) is 33.6 Å². The summed E-state index contributed by atoms with van der Waals surface area (Å²) in [5.74, 6) is -1.89. The Morgan fingerprint density at radius 1 is 1.39 bits per heavy atom. The Hall–Kier alpha value is -1.72. The lowest BCUT2D eigenvalue weighted by Gasteiger charge is -2.12. The lowest BCUT2D eigenvalue weighted by atomic mass is 10.2. The van der Waals surface area contributed by atoms with E-state index in [0.717, 1.165) is 30.6 Å². The molecule has 0 aliphatic carbocycles. The Morgan fingerprint density at radius 2 is 2.09 bits per heavy atom. The molecule has 0 aliphatic heterocycles. The molecule has 2 aromatic rings. The summed E-state index contributed by atoms with van der Waals surface area (Å²) in [5.41, 5.74) is -0.537. The molecule has 23 heavy (non-hydrogen) atoms. The van der Waals surface area contributed by atoms with E-state index in [2.05, 4.69) is 30.4 Å². The van der Waals surface area contributed by atoms with Gasteiger partial charge in [-0.15, -0.1) is 11.3 Å². The third-order valence-electron chi connectivity index (χ3n) is 2.67. The number of benzene rings is 1. The van der Waals surface area contributed by atoms with Gasteiger partial charge in [0.15, 0.2) is 8.94 Å². The van der Waals surface area contributed by atoms with E-state index in [0.29, 0.717) is 3.92 Å². The van der Waals surface area contributed by atoms with Crippen LogP contribution in [0, 0.1) is 5.82 Å². The van der Waals surface area contributed by atoms with Crippen molar-refractivity contribution in [3.05, 3.63) is 32.8 Å². The van der Waals surface area contributed by atoms with Crippen LogP contribution in [0.4, 0.5) is 10.1 Å². The first-order valence-electron chi connectivity index (χ1n) is 5.88. The Kier molecular flexibility index (Phi) is 5.22. The summed E-state index contributed by atoms with van der Waals surface area (Å²) in [6.07, 6.45) is 0. The van der Waals surface area contributed by atoms with Gasteiger partial charge in [-0.05, 0) is 22.0 Å². The lowest BCUT2D eigenvalue weighted by molar-refractivity contribution is 0.0595. The number of nitrogens with one attached hydrogen (secondary N) is 1. The molecule has 0 saturated carbocycles. The first kappa shape index (κ1) is 17.6.